The van der Waals surface area contributed by atoms with Crippen molar-refractivity contribution in [2.75, 3.05) is 19.6 Å². The minimum Gasteiger partial charge on any atom is -0.388 e. The summed E-state index contributed by atoms with van der Waals surface area (Å²) in [6.07, 6.45) is -2.52. The average Bonchev–Trinajstić information content (AvgIpc) is 2.83. The number of aliphatic hydroxyl groups is 2. The van der Waals surface area contributed by atoms with Crippen molar-refractivity contribution >= 4 is 16.9 Å². The molecule has 3 N–H and O–H groups in total. The Morgan fingerprint density at radius 1 is 1.25 bits per heavy atom. The summed E-state index contributed by atoms with van der Waals surface area (Å²) in [6.45, 7) is 5.18. The topological polar surface area (TPSA) is 113 Å². The van der Waals surface area contributed by atoms with Gasteiger partial charge < -0.3 is 20.3 Å². The standard InChI is InChI=1S/C11H20N5O3S/c1-3-12-11-15-7-9(18)8(17)6(19-10(7)20-11)5-14-16-13-4-2/h6-10,17-18H,3-5H2,1-2H3,(H,12,15)/q+1. The van der Waals surface area contributed by atoms with E-state index < -0.39 is 18.3 Å². The lowest BCUT2D eigenvalue weighted by atomic mass is 9.98. The molecule has 5 unspecified atom stereocenters. The number of hydrogen-bond donors (Lipinski definition) is 3. The number of amidine groups is 1. The molecule has 2 aliphatic heterocycles. The molecule has 2 rings (SSSR count). The first-order valence-electron chi connectivity index (χ1n) is 6.69. The number of hydrogen-bond acceptors (Lipinski definition) is 7. The minimum absolute atomic E-state index is 0.172. The highest BCUT2D eigenvalue weighted by Crippen LogP contribution is 2.33. The highest BCUT2D eigenvalue weighted by atomic mass is 32.2. The zero-order chi connectivity index (χ0) is 14.5. The first-order valence-corrected chi connectivity index (χ1v) is 7.57. The molecule has 8 nitrogen and oxygen atoms in total. The maximum atomic E-state index is 10.2. The van der Waals surface area contributed by atoms with Gasteiger partial charge in [0.05, 0.1) is 6.04 Å². The number of nitrogens with zero attached hydrogens (tertiary/aromatic N) is 4. The molecule has 0 amide bonds. The third kappa shape index (κ3) is 3.36. The molecule has 0 aromatic carbocycles. The van der Waals surface area contributed by atoms with E-state index in [0.717, 1.165) is 5.17 Å². The van der Waals surface area contributed by atoms with Gasteiger partial charge >= 0.3 is 0 Å². The van der Waals surface area contributed by atoms with Gasteiger partial charge in [-0.2, -0.15) is 0 Å². The van der Waals surface area contributed by atoms with Crippen molar-refractivity contribution in [3.05, 3.63) is 0 Å². The maximum absolute atomic E-state index is 10.2. The monoisotopic (exact) mass is 302 g/mol. The summed E-state index contributed by atoms with van der Waals surface area (Å²) >= 11 is 1.42. The van der Waals surface area contributed by atoms with E-state index in [-0.39, 0.29) is 18.0 Å². The van der Waals surface area contributed by atoms with E-state index in [9.17, 15) is 10.2 Å². The second kappa shape index (κ2) is 7.14. The van der Waals surface area contributed by atoms with Crippen LogP contribution in [0.15, 0.2) is 15.2 Å². The Morgan fingerprint density at radius 3 is 2.75 bits per heavy atom. The van der Waals surface area contributed by atoms with Crippen LogP contribution in [-0.2, 0) is 4.74 Å². The van der Waals surface area contributed by atoms with E-state index in [1.807, 2.05) is 13.8 Å². The summed E-state index contributed by atoms with van der Waals surface area (Å²) < 4.78 is 5.76. The Hall–Kier alpha value is -0.990. The number of rotatable bonds is 4. The molecule has 2 saturated heterocycles. The third-order valence-electron chi connectivity index (χ3n) is 3.05. The molecule has 0 aromatic heterocycles. The number of nitrogens with one attached hydrogen (secondary N) is 1. The van der Waals surface area contributed by atoms with Crippen molar-refractivity contribution in [1.82, 2.24) is 10.2 Å². The van der Waals surface area contributed by atoms with E-state index in [4.69, 9.17) is 4.74 Å². The Bertz CT molecular complexity index is 426. The Balaban J connectivity index is 2.02. The van der Waals surface area contributed by atoms with Gasteiger partial charge in [0.2, 0.25) is 4.91 Å². The predicted molar refractivity (Wildman–Crippen MR) is 75.6 cm³/mol. The van der Waals surface area contributed by atoms with Gasteiger partial charge in [-0.15, -0.1) is 0 Å². The molecular weight excluding hydrogens is 282 g/mol. The molecule has 0 saturated carbocycles. The highest BCUT2D eigenvalue weighted by Gasteiger charge is 2.49. The van der Waals surface area contributed by atoms with Crippen LogP contribution >= 0.6 is 11.8 Å². The van der Waals surface area contributed by atoms with E-state index in [0.29, 0.717) is 13.1 Å². The number of aliphatic imine (C=N–C) groups is 1. The number of thioether (sulfide) groups is 1. The lowest BCUT2D eigenvalue weighted by Gasteiger charge is -2.37. The predicted octanol–water partition coefficient (Wildman–Crippen LogP) is -0.494. The first kappa shape index (κ1) is 15.4. The molecule has 0 aromatic rings. The molecule has 0 aliphatic carbocycles. The van der Waals surface area contributed by atoms with Crippen molar-refractivity contribution in [1.29, 1.82) is 0 Å². The van der Waals surface area contributed by atoms with E-state index in [1.54, 1.807) is 0 Å². The summed E-state index contributed by atoms with van der Waals surface area (Å²) in [5, 5.41) is 31.6. The van der Waals surface area contributed by atoms with Gasteiger partial charge in [-0.25, -0.2) is 0 Å². The van der Waals surface area contributed by atoms with E-state index >= 15 is 0 Å². The lowest BCUT2D eigenvalue weighted by molar-refractivity contribution is -0.152. The average molecular weight is 302 g/mol. The van der Waals surface area contributed by atoms with Crippen LogP contribution in [0.3, 0.4) is 0 Å². The molecular formula is C11H20N5O3S+. The van der Waals surface area contributed by atoms with Crippen molar-refractivity contribution in [3.63, 3.8) is 0 Å². The van der Waals surface area contributed by atoms with Crippen LogP contribution in [0.25, 0.3) is 0 Å². The molecule has 9 heteroatoms. The zero-order valence-electron chi connectivity index (χ0n) is 11.5. The summed E-state index contributed by atoms with van der Waals surface area (Å²) in [5.41, 5.74) is -0.276. The fraction of sp³-hybridized carbons (Fsp3) is 0.909. The van der Waals surface area contributed by atoms with Crippen molar-refractivity contribution in [2.24, 2.45) is 15.2 Å². The van der Waals surface area contributed by atoms with E-state index in [2.05, 4.69) is 25.4 Å². The van der Waals surface area contributed by atoms with Gasteiger partial charge in [0.15, 0.2) is 11.7 Å². The van der Waals surface area contributed by atoms with E-state index in [1.165, 1.54) is 11.8 Å². The third-order valence-corrected chi connectivity index (χ3v) is 4.16. The van der Waals surface area contributed by atoms with Crippen LogP contribution in [0, 0.1) is 0 Å². The fourth-order valence-corrected chi connectivity index (χ4v) is 3.28. The van der Waals surface area contributed by atoms with Crippen molar-refractivity contribution in [2.45, 2.75) is 43.6 Å². The molecule has 0 spiro atoms. The Kier molecular flexibility index (Phi) is 5.50. The Labute approximate surface area is 121 Å². The quantitative estimate of drug-likeness (QED) is 0.479. The highest BCUT2D eigenvalue weighted by molar-refractivity contribution is 8.14. The van der Waals surface area contributed by atoms with Crippen molar-refractivity contribution < 1.29 is 14.9 Å². The fourth-order valence-electron chi connectivity index (χ4n) is 2.07. The summed E-state index contributed by atoms with van der Waals surface area (Å²) in [4.78, 5) is 7.86. The normalized spacial score (nSPS) is 38.0. The molecule has 20 heavy (non-hydrogen) atoms. The lowest BCUT2D eigenvalue weighted by Crippen LogP contribution is -2.59. The van der Waals surface area contributed by atoms with Crippen LogP contribution in [0.4, 0.5) is 0 Å². The van der Waals surface area contributed by atoms with Gasteiger partial charge in [-0.1, -0.05) is 11.8 Å². The number of ether oxygens (including phenoxy) is 1. The number of fused-ring (bicyclic) bond motifs is 1. The van der Waals surface area contributed by atoms with Crippen LogP contribution in [0.5, 0.6) is 0 Å². The minimum atomic E-state index is -1.01. The maximum Gasteiger partial charge on any atom is 0.217 e. The largest absolute Gasteiger partial charge is 0.388 e. The Morgan fingerprint density at radius 2 is 2.05 bits per heavy atom. The molecule has 112 valence electrons. The molecule has 2 heterocycles. The van der Waals surface area contributed by atoms with Crippen LogP contribution in [0.1, 0.15) is 13.8 Å². The van der Waals surface area contributed by atoms with Gasteiger partial charge in [0, 0.05) is 6.54 Å². The number of aliphatic hydroxyl groups excluding tert-OH is 2. The second-order valence-electron chi connectivity index (χ2n) is 4.46. The first-order chi connectivity index (χ1) is 9.67. The molecule has 0 radical (unpaired) electrons. The smallest absolute Gasteiger partial charge is 0.217 e. The van der Waals surface area contributed by atoms with Gasteiger partial charge in [0.25, 0.3) is 0 Å². The van der Waals surface area contributed by atoms with Crippen LogP contribution < -0.4 is 10.2 Å². The van der Waals surface area contributed by atoms with Gasteiger partial charge in [-0.05, 0) is 13.8 Å². The van der Waals surface area contributed by atoms with Crippen LogP contribution in [0.2, 0.25) is 0 Å². The van der Waals surface area contributed by atoms with Gasteiger partial charge in [0.1, 0.15) is 40.5 Å². The SMILES string of the molecule is CCN=[N+]=NCC1OC2SC(=NCC)NC2C(O)C1O. The zero-order valence-corrected chi connectivity index (χ0v) is 12.3. The van der Waals surface area contributed by atoms with Crippen LogP contribution in [-0.4, -0.2) is 64.8 Å². The molecule has 2 fully saturated rings. The molecule has 2 aliphatic rings. The molecule has 0 bridgehead atoms. The molecule has 5 atom stereocenters. The summed E-state index contributed by atoms with van der Waals surface area (Å²) in [5.74, 6) is 0. The summed E-state index contributed by atoms with van der Waals surface area (Å²) in [7, 11) is 0. The summed E-state index contributed by atoms with van der Waals surface area (Å²) in [6, 6.07) is -0.353. The van der Waals surface area contributed by atoms with Crippen molar-refractivity contribution in [3.8, 4) is 0 Å². The van der Waals surface area contributed by atoms with Gasteiger partial charge in [-0.3, -0.25) is 4.99 Å². The second-order valence-corrected chi connectivity index (χ2v) is 5.55.